The summed E-state index contributed by atoms with van der Waals surface area (Å²) in [5, 5.41) is 6.09. The van der Waals surface area contributed by atoms with E-state index in [-0.39, 0.29) is 5.43 Å². The van der Waals surface area contributed by atoms with E-state index in [4.69, 9.17) is 13.7 Å². The molecular weight excluding hydrogens is 655 g/mol. The molecule has 0 spiro atoms. The molecule has 0 saturated carbocycles. The van der Waals surface area contributed by atoms with Crippen LogP contribution in [0.5, 0.6) is 0 Å². The van der Waals surface area contributed by atoms with E-state index in [1.807, 2.05) is 59.1 Å². The van der Waals surface area contributed by atoms with Crippen molar-refractivity contribution in [2.24, 2.45) is 0 Å². The van der Waals surface area contributed by atoms with Gasteiger partial charge in [0.05, 0.1) is 22.0 Å². The van der Waals surface area contributed by atoms with Gasteiger partial charge in [-0.3, -0.25) is 4.79 Å². The van der Waals surface area contributed by atoms with Crippen molar-refractivity contribution in [1.29, 1.82) is 0 Å². The molecule has 1 saturated heterocycles. The molecule has 7 heteroatoms. The van der Waals surface area contributed by atoms with Gasteiger partial charge < -0.3 is 13.7 Å². The molecule has 1 fully saturated rings. The molecule has 4 nitrogen and oxygen atoms in total. The van der Waals surface area contributed by atoms with Crippen molar-refractivity contribution in [3.63, 3.8) is 0 Å². The van der Waals surface area contributed by atoms with Gasteiger partial charge in [-0.25, -0.2) is 0 Å². The summed E-state index contributed by atoms with van der Waals surface area (Å²) in [6.45, 7) is 8.41. The fourth-order valence-electron chi connectivity index (χ4n) is 7.44. The van der Waals surface area contributed by atoms with E-state index in [2.05, 4.69) is 107 Å². The van der Waals surface area contributed by atoms with Crippen molar-refractivity contribution in [1.82, 2.24) is 0 Å². The van der Waals surface area contributed by atoms with Crippen molar-refractivity contribution >= 4 is 97.5 Å². The van der Waals surface area contributed by atoms with Crippen molar-refractivity contribution in [3.05, 3.63) is 125 Å². The van der Waals surface area contributed by atoms with Crippen LogP contribution in [0.25, 0.3) is 84.5 Å². The summed E-state index contributed by atoms with van der Waals surface area (Å²) >= 11 is 3.64. The summed E-state index contributed by atoms with van der Waals surface area (Å²) < 4.78 is 24.1. The van der Waals surface area contributed by atoms with E-state index in [1.165, 1.54) is 51.5 Å². The highest BCUT2D eigenvalue weighted by atomic mass is 32.1. The maximum absolute atomic E-state index is 13.5. The molecule has 0 amide bonds. The second-order valence-electron chi connectivity index (χ2n) is 14.2. The zero-order valence-corrected chi connectivity index (χ0v) is 29.6. The van der Waals surface area contributed by atoms with Crippen molar-refractivity contribution < 1.29 is 13.7 Å². The molecule has 6 aromatic carbocycles. The molecule has 0 radical (unpaired) electrons. The van der Waals surface area contributed by atoms with Crippen LogP contribution in [0.1, 0.15) is 27.7 Å². The molecule has 1 aliphatic rings. The highest BCUT2D eigenvalue weighted by molar-refractivity contribution is 7.28. The Hall–Kier alpha value is -4.79. The van der Waals surface area contributed by atoms with Crippen LogP contribution in [0.15, 0.2) is 124 Å². The second kappa shape index (κ2) is 10.6. The predicted octanol–water partition coefficient (Wildman–Crippen LogP) is 11.3. The summed E-state index contributed by atoms with van der Waals surface area (Å²) in [6, 6.07) is 39.7. The quantitative estimate of drug-likeness (QED) is 0.137. The van der Waals surface area contributed by atoms with E-state index in [1.54, 1.807) is 0 Å². The first-order valence-electron chi connectivity index (χ1n) is 16.9. The first-order chi connectivity index (χ1) is 24.2. The molecule has 9 aromatic rings. The minimum Gasteiger partial charge on any atom is -0.456 e. The molecule has 4 heterocycles. The highest BCUT2D eigenvalue weighted by Crippen LogP contribution is 2.47. The Morgan fingerprint density at radius 1 is 0.500 bits per heavy atom. The Bertz CT molecular complexity index is 2910. The zero-order valence-electron chi connectivity index (χ0n) is 28.0. The number of rotatable bonds is 3. The Labute approximate surface area is 296 Å². The molecular formula is C43H31BO4S2. The van der Waals surface area contributed by atoms with E-state index < -0.39 is 18.3 Å². The van der Waals surface area contributed by atoms with Gasteiger partial charge in [-0.15, -0.1) is 22.7 Å². The normalized spacial score (nSPS) is 15.8. The number of para-hydroxylation sites is 1. The van der Waals surface area contributed by atoms with Gasteiger partial charge in [0.15, 0.2) is 0 Å². The minimum atomic E-state index is -0.426. The topological polar surface area (TPSA) is 48.7 Å². The summed E-state index contributed by atoms with van der Waals surface area (Å²) in [4.78, 5) is 13.5. The van der Waals surface area contributed by atoms with Crippen LogP contribution >= 0.6 is 22.7 Å². The van der Waals surface area contributed by atoms with Gasteiger partial charge >= 0.3 is 7.12 Å². The highest BCUT2D eigenvalue weighted by Gasteiger charge is 2.52. The monoisotopic (exact) mass is 686 g/mol. The molecule has 3 aromatic heterocycles. The first kappa shape index (κ1) is 30.1. The average Bonchev–Trinajstić information content (AvgIpc) is 3.76. The molecule has 0 bridgehead atoms. The van der Waals surface area contributed by atoms with Crippen LogP contribution in [0.4, 0.5) is 0 Å². The Morgan fingerprint density at radius 3 is 1.66 bits per heavy atom. The van der Waals surface area contributed by atoms with Crippen molar-refractivity contribution in [3.8, 4) is 22.3 Å². The van der Waals surface area contributed by atoms with Crippen LogP contribution in [0.3, 0.4) is 0 Å². The van der Waals surface area contributed by atoms with Crippen LogP contribution in [0.2, 0.25) is 0 Å². The van der Waals surface area contributed by atoms with Crippen molar-refractivity contribution in [2.75, 3.05) is 0 Å². The number of thiophene rings is 2. The third-order valence-corrected chi connectivity index (χ3v) is 13.4. The Balaban J connectivity index is 1.15. The summed E-state index contributed by atoms with van der Waals surface area (Å²) in [7, 11) is -0.426. The largest absolute Gasteiger partial charge is 0.496 e. The number of benzene rings is 6. The number of fused-ring (bicyclic) bond motifs is 8. The van der Waals surface area contributed by atoms with Crippen LogP contribution in [-0.4, -0.2) is 18.3 Å². The van der Waals surface area contributed by atoms with Crippen LogP contribution in [-0.2, 0) is 9.31 Å². The summed E-state index contributed by atoms with van der Waals surface area (Å²) in [5.74, 6) is 0. The standard InChI is InChI=1S/C43H31BO4S2/c1-42(2)43(3,4)48-44(47-42)34-19-10-18-31-30-17-9-16-29(40(30)50-41(31)34)28-15-8-14-27-26-13-7-12-25(38(26)49-39(27)28)24-21-22-36-33(23-24)37(45)32-11-5-6-20-35(32)46-36/h5-23H,1-4H3. The van der Waals surface area contributed by atoms with Gasteiger partial charge in [-0.2, -0.15) is 0 Å². The van der Waals surface area contributed by atoms with Gasteiger partial charge in [-0.1, -0.05) is 91.0 Å². The van der Waals surface area contributed by atoms with Gasteiger partial charge in [-0.05, 0) is 68.5 Å². The Morgan fingerprint density at radius 2 is 1.00 bits per heavy atom. The number of hydrogen-bond acceptors (Lipinski definition) is 6. The zero-order chi connectivity index (χ0) is 33.9. The van der Waals surface area contributed by atoms with Gasteiger partial charge in [0.2, 0.25) is 5.43 Å². The lowest BCUT2D eigenvalue weighted by Gasteiger charge is -2.32. The SMILES string of the molecule is CC1(C)OB(c2cccc3c2sc2c(-c4cccc5c4sc4c(-c6ccc7oc8ccccc8c(=O)c7c6)cccc45)cccc23)OC1(C)C. The van der Waals surface area contributed by atoms with Crippen LogP contribution < -0.4 is 10.9 Å². The molecule has 0 aliphatic carbocycles. The lowest BCUT2D eigenvalue weighted by molar-refractivity contribution is 0.00578. The molecule has 0 atom stereocenters. The third kappa shape index (κ3) is 4.28. The van der Waals surface area contributed by atoms with Crippen LogP contribution in [0, 0.1) is 0 Å². The van der Waals surface area contributed by atoms with Crippen molar-refractivity contribution in [2.45, 2.75) is 38.9 Å². The van der Waals surface area contributed by atoms with E-state index in [0.29, 0.717) is 21.9 Å². The molecule has 0 unspecified atom stereocenters. The fourth-order valence-corrected chi connectivity index (χ4v) is 10.2. The lowest BCUT2D eigenvalue weighted by atomic mass is 9.78. The molecule has 1 aliphatic heterocycles. The maximum Gasteiger partial charge on any atom is 0.496 e. The summed E-state index contributed by atoms with van der Waals surface area (Å²) in [6.07, 6.45) is 0. The third-order valence-electron chi connectivity index (χ3n) is 10.8. The maximum atomic E-state index is 13.5. The molecule has 0 N–H and O–H groups in total. The smallest absolute Gasteiger partial charge is 0.456 e. The second-order valence-corrected chi connectivity index (χ2v) is 16.2. The van der Waals surface area contributed by atoms with Gasteiger partial charge in [0.1, 0.15) is 11.2 Å². The van der Waals surface area contributed by atoms with E-state index >= 15 is 0 Å². The van der Waals surface area contributed by atoms with Gasteiger partial charge in [0.25, 0.3) is 0 Å². The van der Waals surface area contributed by atoms with E-state index in [0.717, 1.165) is 16.6 Å². The average molecular weight is 687 g/mol. The van der Waals surface area contributed by atoms with Gasteiger partial charge in [0, 0.05) is 51.5 Å². The first-order valence-corrected chi connectivity index (χ1v) is 18.5. The molecule has 50 heavy (non-hydrogen) atoms. The molecule has 242 valence electrons. The number of hydrogen-bond donors (Lipinski definition) is 0. The lowest BCUT2D eigenvalue weighted by Crippen LogP contribution is -2.41. The minimum absolute atomic E-state index is 0.00688. The Kier molecular flexibility index (Phi) is 6.38. The summed E-state index contributed by atoms with van der Waals surface area (Å²) in [5.41, 5.74) is 6.00. The molecule has 10 rings (SSSR count). The van der Waals surface area contributed by atoms with E-state index in [9.17, 15) is 4.79 Å². The fraction of sp³-hybridized carbons (Fsp3) is 0.140. The predicted molar refractivity (Wildman–Crippen MR) is 212 cm³/mol.